The van der Waals surface area contributed by atoms with E-state index in [1.165, 1.54) is 4.90 Å². The molecule has 1 atom stereocenters. The molecule has 2 fully saturated rings. The zero-order chi connectivity index (χ0) is 12.4. The molecule has 6 heteroatoms. The van der Waals surface area contributed by atoms with Gasteiger partial charge in [-0.15, -0.1) is 0 Å². The topological polar surface area (TPSA) is 81.1 Å². The van der Waals surface area contributed by atoms with E-state index in [9.17, 15) is 9.59 Å². The molecule has 2 amide bonds. The first-order chi connectivity index (χ1) is 8.08. The Balaban J connectivity index is 1.86. The highest BCUT2D eigenvalue weighted by Gasteiger charge is 2.34. The molecule has 0 aromatic heterocycles. The van der Waals surface area contributed by atoms with E-state index >= 15 is 0 Å². The van der Waals surface area contributed by atoms with Gasteiger partial charge in [0.25, 0.3) is 0 Å². The summed E-state index contributed by atoms with van der Waals surface area (Å²) in [7, 11) is 0. The maximum absolute atomic E-state index is 12.0. The minimum Gasteiger partial charge on any atom is -0.465 e. The van der Waals surface area contributed by atoms with Crippen molar-refractivity contribution in [2.24, 2.45) is 5.92 Å². The maximum Gasteiger partial charge on any atom is 0.407 e. The average Bonchev–Trinajstić information content (AvgIpc) is 2.49. The molecule has 1 unspecified atom stereocenters. The number of carboxylic acid groups (broad SMARTS) is 1. The quantitative estimate of drug-likeness (QED) is 0.676. The summed E-state index contributed by atoms with van der Waals surface area (Å²) in [6.07, 6.45) is 0.796. The zero-order valence-electron chi connectivity index (χ0n) is 9.71. The van der Waals surface area contributed by atoms with Crippen molar-refractivity contribution in [1.82, 2.24) is 9.80 Å². The summed E-state index contributed by atoms with van der Waals surface area (Å²) in [5.41, 5.74) is 0. The van der Waals surface area contributed by atoms with Gasteiger partial charge in [0.1, 0.15) is 0 Å². The zero-order valence-corrected chi connectivity index (χ0v) is 9.71. The lowest BCUT2D eigenvalue weighted by Crippen LogP contribution is -2.55. The second kappa shape index (κ2) is 4.91. The second-order valence-electron chi connectivity index (χ2n) is 4.79. The van der Waals surface area contributed by atoms with Crippen molar-refractivity contribution in [2.45, 2.75) is 25.4 Å². The molecule has 96 valence electrons. The Morgan fingerprint density at radius 1 is 1.06 bits per heavy atom. The third-order valence-corrected chi connectivity index (χ3v) is 3.52. The second-order valence-corrected chi connectivity index (χ2v) is 4.79. The fourth-order valence-electron chi connectivity index (χ4n) is 2.43. The minimum absolute atomic E-state index is 0.0718. The molecule has 0 aliphatic carbocycles. The molecule has 2 aliphatic rings. The smallest absolute Gasteiger partial charge is 0.407 e. The molecule has 2 heterocycles. The lowest BCUT2D eigenvalue weighted by atomic mass is 9.97. The number of β-amino-alcohol motifs (C(OH)–C–C–N with tert-alkyl or cyclic N) is 1. The van der Waals surface area contributed by atoms with Crippen molar-refractivity contribution in [2.75, 3.05) is 26.2 Å². The molecule has 2 rings (SSSR count). The van der Waals surface area contributed by atoms with Crippen molar-refractivity contribution in [1.29, 1.82) is 0 Å². The molecule has 0 spiro atoms. The molecule has 2 N–H and O–H groups in total. The molecule has 0 bridgehead atoms. The third kappa shape index (κ3) is 2.69. The summed E-state index contributed by atoms with van der Waals surface area (Å²) in [6, 6.07) is 0. The maximum atomic E-state index is 12.0. The van der Waals surface area contributed by atoms with Gasteiger partial charge in [0, 0.05) is 32.1 Å². The van der Waals surface area contributed by atoms with E-state index in [0.29, 0.717) is 32.6 Å². The van der Waals surface area contributed by atoms with Crippen LogP contribution in [0.15, 0.2) is 0 Å². The molecule has 2 saturated heterocycles. The van der Waals surface area contributed by atoms with Crippen LogP contribution in [-0.2, 0) is 4.79 Å². The van der Waals surface area contributed by atoms with Crippen molar-refractivity contribution in [3.05, 3.63) is 0 Å². The third-order valence-electron chi connectivity index (χ3n) is 3.52. The van der Waals surface area contributed by atoms with Crippen LogP contribution in [0.1, 0.15) is 19.3 Å². The summed E-state index contributed by atoms with van der Waals surface area (Å²) < 4.78 is 0. The Morgan fingerprint density at radius 3 is 2.35 bits per heavy atom. The van der Waals surface area contributed by atoms with Crippen LogP contribution in [-0.4, -0.2) is 64.3 Å². The normalized spacial score (nSPS) is 26.3. The highest BCUT2D eigenvalue weighted by Crippen LogP contribution is 2.22. The van der Waals surface area contributed by atoms with Crippen LogP contribution in [0.25, 0.3) is 0 Å². The number of aliphatic hydroxyl groups is 1. The van der Waals surface area contributed by atoms with Gasteiger partial charge < -0.3 is 20.0 Å². The Morgan fingerprint density at radius 2 is 1.76 bits per heavy atom. The Hall–Kier alpha value is -1.30. The predicted molar refractivity (Wildman–Crippen MR) is 59.5 cm³/mol. The number of carbonyl (C=O) groups is 2. The summed E-state index contributed by atoms with van der Waals surface area (Å²) in [6.45, 7) is 1.81. The number of hydrogen-bond donors (Lipinski definition) is 2. The van der Waals surface area contributed by atoms with E-state index in [4.69, 9.17) is 10.2 Å². The lowest BCUT2D eigenvalue weighted by molar-refractivity contribution is -0.146. The van der Waals surface area contributed by atoms with Gasteiger partial charge in [0.05, 0.1) is 6.10 Å². The first-order valence-corrected chi connectivity index (χ1v) is 6.02. The van der Waals surface area contributed by atoms with Crippen molar-refractivity contribution in [3.63, 3.8) is 0 Å². The Kier molecular flexibility index (Phi) is 3.51. The van der Waals surface area contributed by atoms with E-state index in [2.05, 4.69) is 0 Å². The van der Waals surface area contributed by atoms with Gasteiger partial charge >= 0.3 is 6.09 Å². The number of aliphatic hydroxyl groups excluding tert-OH is 1. The van der Waals surface area contributed by atoms with Gasteiger partial charge in [-0.2, -0.15) is 0 Å². The standard InChI is InChI=1S/C11H18N2O4/c14-9-6-13(7-9)10(15)8-2-1-4-12(5-3-8)11(16)17/h8-9,14H,1-7H2,(H,16,17). The molecule has 6 nitrogen and oxygen atoms in total. The van der Waals surface area contributed by atoms with Crippen molar-refractivity contribution < 1.29 is 19.8 Å². The van der Waals surface area contributed by atoms with Gasteiger partial charge in [-0.1, -0.05) is 0 Å². The first-order valence-electron chi connectivity index (χ1n) is 6.02. The first kappa shape index (κ1) is 12.2. The van der Waals surface area contributed by atoms with Crippen LogP contribution in [0.2, 0.25) is 0 Å². The van der Waals surface area contributed by atoms with Crippen molar-refractivity contribution in [3.8, 4) is 0 Å². The number of amides is 2. The number of rotatable bonds is 1. The predicted octanol–water partition coefficient (Wildman–Crippen LogP) is -0.0304. The lowest BCUT2D eigenvalue weighted by Gasteiger charge is -2.38. The molecule has 17 heavy (non-hydrogen) atoms. The molecule has 0 saturated carbocycles. The molecule has 0 aromatic rings. The number of hydrogen-bond acceptors (Lipinski definition) is 3. The Labute approximate surface area is 99.8 Å². The average molecular weight is 242 g/mol. The summed E-state index contributed by atoms with van der Waals surface area (Å²) >= 11 is 0. The Bertz CT molecular complexity index is 315. The van der Waals surface area contributed by atoms with Gasteiger partial charge in [0.2, 0.25) is 5.91 Å². The molecular weight excluding hydrogens is 224 g/mol. The largest absolute Gasteiger partial charge is 0.465 e. The van der Waals surface area contributed by atoms with Gasteiger partial charge in [0.15, 0.2) is 0 Å². The summed E-state index contributed by atoms with van der Waals surface area (Å²) in [5, 5.41) is 18.0. The van der Waals surface area contributed by atoms with E-state index < -0.39 is 6.09 Å². The van der Waals surface area contributed by atoms with Crippen LogP contribution in [0.3, 0.4) is 0 Å². The van der Waals surface area contributed by atoms with Crippen LogP contribution in [0.5, 0.6) is 0 Å². The number of nitrogens with zero attached hydrogens (tertiary/aromatic N) is 2. The van der Waals surface area contributed by atoms with Gasteiger partial charge in [-0.25, -0.2) is 4.79 Å². The highest BCUT2D eigenvalue weighted by atomic mass is 16.4. The van der Waals surface area contributed by atoms with Crippen molar-refractivity contribution >= 4 is 12.0 Å². The van der Waals surface area contributed by atoms with Gasteiger partial charge in [-0.05, 0) is 19.3 Å². The van der Waals surface area contributed by atoms with Crippen LogP contribution in [0, 0.1) is 5.92 Å². The molecule has 0 aromatic carbocycles. The van der Waals surface area contributed by atoms with Crippen LogP contribution in [0.4, 0.5) is 4.79 Å². The van der Waals surface area contributed by atoms with E-state index in [1.54, 1.807) is 4.90 Å². The summed E-state index contributed by atoms with van der Waals surface area (Å²) in [5.74, 6) is -0.00520. The molecule has 0 radical (unpaired) electrons. The van der Waals surface area contributed by atoms with Crippen LogP contribution >= 0.6 is 0 Å². The molecule has 2 aliphatic heterocycles. The monoisotopic (exact) mass is 242 g/mol. The molecular formula is C11H18N2O4. The minimum atomic E-state index is -0.905. The highest BCUT2D eigenvalue weighted by molar-refractivity contribution is 5.79. The van der Waals surface area contributed by atoms with Gasteiger partial charge in [-0.3, -0.25) is 4.79 Å². The summed E-state index contributed by atoms with van der Waals surface area (Å²) in [4.78, 5) is 25.9. The number of likely N-dealkylation sites (tertiary alicyclic amines) is 2. The number of carbonyl (C=O) groups excluding carboxylic acids is 1. The SMILES string of the molecule is O=C(O)N1CCCC(C(=O)N2CC(O)C2)CC1. The van der Waals surface area contributed by atoms with E-state index in [0.717, 1.165) is 12.8 Å². The fourth-order valence-corrected chi connectivity index (χ4v) is 2.43. The van der Waals surface area contributed by atoms with E-state index in [1.807, 2.05) is 0 Å². The van der Waals surface area contributed by atoms with E-state index in [-0.39, 0.29) is 17.9 Å². The fraction of sp³-hybridized carbons (Fsp3) is 0.818. The van der Waals surface area contributed by atoms with Crippen LogP contribution < -0.4 is 0 Å².